The lowest BCUT2D eigenvalue weighted by Gasteiger charge is -2.03. The summed E-state index contributed by atoms with van der Waals surface area (Å²) in [7, 11) is 0. The van der Waals surface area contributed by atoms with E-state index >= 15 is 0 Å². The second-order valence-corrected chi connectivity index (χ2v) is 5.92. The number of carbonyl (C=O) groups excluding carboxylic acids is 2. The minimum Gasteiger partial charge on any atom is -0.365 e. The summed E-state index contributed by atoms with van der Waals surface area (Å²) in [5, 5.41) is 14.3. The van der Waals surface area contributed by atoms with E-state index in [9.17, 15) is 19.7 Å². The van der Waals surface area contributed by atoms with E-state index in [4.69, 9.17) is 5.73 Å². The highest BCUT2D eigenvalue weighted by Gasteiger charge is 2.31. The van der Waals surface area contributed by atoms with Crippen LogP contribution in [0.1, 0.15) is 23.2 Å². The van der Waals surface area contributed by atoms with Gasteiger partial charge in [-0.25, -0.2) is 0 Å². The first kappa shape index (κ1) is 13.5. The van der Waals surface area contributed by atoms with E-state index in [-0.39, 0.29) is 23.1 Å². The fraction of sp³-hybridized carbons (Fsp3) is 0.231. The number of anilines is 1. The number of nitrogens with two attached hydrogens (primary N) is 1. The lowest BCUT2D eigenvalue weighted by atomic mass is 10.1. The molecule has 1 aromatic carbocycles. The van der Waals surface area contributed by atoms with E-state index in [0.29, 0.717) is 15.1 Å². The first-order valence-electron chi connectivity index (χ1n) is 6.29. The zero-order chi connectivity index (χ0) is 15.1. The van der Waals surface area contributed by atoms with Crippen molar-refractivity contribution in [2.75, 3.05) is 5.32 Å². The third-order valence-corrected chi connectivity index (χ3v) is 4.40. The van der Waals surface area contributed by atoms with Crippen LogP contribution >= 0.6 is 11.3 Å². The van der Waals surface area contributed by atoms with Gasteiger partial charge in [-0.2, -0.15) is 0 Å². The van der Waals surface area contributed by atoms with Crippen LogP contribution in [0.4, 0.5) is 10.7 Å². The number of hydrogen-bond donors (Lipinski definition) is 2. The molecule has 0 atom stereocenters. The second kappa shape index (κ2) is 4.81. The molecule has 0 spiro atoms. The molecule has 3 rings (SSSR count). The number of fused-ring (bicyclic) bond motifs is 1. The molecule has 0 bridgehead atoms. The second-order valence-electron chi connectivity index (χ2n) is 4.87. The first-order valence-corrected chi connectivity index (χ1v) is 7.10. The molecule has 0 saturated heterocycles. The van der Waals surface area contributed by atoms with E-state index in [1.165, 1.54) is 23.5 Å². The largest absolute Gasteiger partial charge is 0.365 e. The molecular weight excluding hydrogens is 294 g/mol. The Hall–Kier alpha value is -2.48. The predicted octanol–water partition coefficient (Wildman–Crippen LogP) is 2.26. The van der Waals surface area contributed by atoms with Crippen molar-refractivity contribution in [3.8, 4) is 0 Å². The fourth-order valence-corrected chi connectivity index (χ4v) is 3.18. The van der Waals surface area contributed by atoms with Crippen molar-refractivity contribution >= 4 is 43.9 Å². The predicted molar refractivity (Wildman–Crippen MR) is 78.4 cm³/mol. The molecule has 0 radical (unpaired) electrons. The molecule has 8 heteroatoms. The fourth-order valence-electron chi connectivity index (χ4n) is 2.09. The highest BCUT2D eigenvalue weighted by Crippen LogP contribution is 2.39. The topological polar surface area (TPSA) is 115 Å². The van der Waals surface area contributed by atoms with Gasteiger partial charge in [0.2, 0.25) is 5.91 Å². The number of hydrogen-bond acceptors (Lipinski definition) is 5. The van der Waals surface area contributed by atoms with Gasteiger partial charge < -0.3 is 11.1 Å². The van der Waals surface area contributed by atoms with Crippen molar-refractivity contribution in [2.24, 2.45) is 11.7 Å². The number of primary amides is 1. The van der Waals surface area contributed by atoms with Gasteiger partial charge in [-0.1, -0.05) is 0 Å². The van der Waals surface area contributed by atoms with Crippen LogP contribution < -0.4 is 11.1 Å². The van der Waals surface area contributed by atoms with Crippen LogP contribution in [-0.4, -0.2) is 16.7 Å². The van der Waals surface area contributed by atoms with Gasteiger partial charge in [0.25, 0.3) is 11.6 Å². The van der Waals surface area contributed by atoms with Gasteiger partial charge >= 0.3 is 0 Å². The molecule has 2 amide bonds. The minimum atomic E-state index is -0.715. The van der Waals surface area contributed by atoms with E-state index in [0.717, 1.165) is 12.8 Å². The van der Waals surface area contributed by atoms with Gasteiger partial charge in [-0.05, 0) is 18.9 Å². The molecule has 1 aromatic heterocycles. The Bertz CT molecular complexity index is 779. The van der Waals surface area contributed by atoms with Crippen LogP contribution in [0.3, 0.4) is 0 Å². The number of carbonyl (C=O) groups is 2. The van der Waals surface area contributed by atoms with E-state index < -0.39 is 10.8 Å². The highest BCUT2D eigenvalue weighted by atomic mass is 32.1. The van der Waals surface area contributed by atoms with Crippen LogP contribution in [0.2, 0.25) is 0 Å². The van der Waals surface area contributed by atoms with Gasteiger partial charge in [0.1, 0.15) is 5.00 Å². The van der Waals surface area contributed by atoms with Gasteiger partial charge in [0, 0.05) is 28.1 Å². The Balaban J connectivity index is 2.10. The number of nitrogens with one attached hydrogen (secondary N) is 1. The van der Waals surface area contributed by atoms with Crippen molar-refractivity contribution in [2.45, 2.75) is 12.8 Å². The molecule has 0 aliphatic heterocycles. The zero-order valence-electron chi connectivity index (χ0n) is 10.8. The van der Waals surface area contributed by atoms with Crippen molar-refractivity contribution in [1.82, 2.24) is 0 Å². The Morgan fingerprint density at radius 2 is 2.10 bits per heavy atom. The molecule has 3 N–H and O–H groups in total. The number of rotatable bonds is 4. The Labute approximate surface area is 122 Å². The standard InChI is InChI=1S/C13H11N3O4S/c14-11(17)10-8-5-7(16(19)20)3-4-9(8)21-13(10)15-12(18)6-1-2-6/h3-6H,1-2H2,(H2,14,17)(H,15,18). The van der Waals surface area contributed by atoms with Crippen molar-refractivity contribution in [3.05, 3.63) is 33.9 Å². The number of thiophene rings is 1. The smallest absolute Gasteiger partial charge is 0.270 e. The number of benzene rings is 1. The number of amides is 2. The third kappa shape index (κ3) is 2.45. The molecule has 7 nitrogen and oxygen atoms in total. The normalized spacial score (nSPS) is 14.1. The molecule has 1 saturated carbocycles. The average Bonchev–Trinajstić information content (AvgIpc) is 3.19. The maximum absolute atomic E-state index is 11.8. The summed E-state index contributed by atoms with van der Waals surface area (Å²) in [6, 6.07) is 4.21. The van der Waals surface area contributed by atoms with Crippen LogP contribution in [0, 0.1) is 16.0 Å². The van der Waals surface area contributed by atoms with Gasteiger partial charge in [0.15, 0.2) is 0 Å². The van der Waals surface area contributed by atoms with Crippen LogP contribution in [-0.2, 0) is 4.79 Å². The summed E-state index contributed by atoms with van der Waals surface area (Å²) in [6.07, 6.45) is 1.68. The first-order chi connectivity index (χ1) is 9.97. The summed E-state index contributed by atoms with van der Waals surface area (Å²) in [6.45, 7) is 0. The summed E-state index contributed by atoms with van der Waals surface area (Å²) in [5.41, 5.74) is 5.38. The minimum absolute atomic E-state index is 0.00900. The quantitative estimate of drug-likeness (QED) is 0.665. The highest BCUT2D eigenvalue weighted by molar-refractivity contribution is 7.23. The Kier molecular flexibility index (Phi) is 3.09. The molecule has 1 fully saturated rings. The molecule has 1 aliphatic carbocycles. The van der Waals surface area contributed by atoms with E-state index in [1.54, 1.807) is 6.07 Å². The molecule has 0 unspecified atom stereocenters. The third-order valence-electron chi connectivity index (χ3n) is 3.31. The molecular formula is C13H11N3O4S. The van der Waals surface area contributed by atoms with Gasteiger partial charge in [-0.15, -0.1) is 11.3 Å². The average molecular weight is 305 g/mol. The molecule has 1 aliphatic rings. The van der Waals surface area contributed by atoms with Crippen LogP contribution in [0.5, 0.6) is 0 Å². The summed E-state index contributed by atoms with van der Waals surface area (Å²) >= 11 is 1.19. The van der Waals surface area contributed by atoms with Crippen molar-refractivity contribution in [3.63, 3.8) is 0 Å². The number of non-ortho nitro benzene ring substituents is 1. The van der Waals surface area contributed by atoms with Gasteiger partial charge in [-0.3, -0.25) is 19.7 Å². The number of nitrogens with zero attached hydrogens (tertiary/aromatic N) is 1. The van der Waals surface area contributed by atoms with Gasteiger partial charge in [0.05, 0.1) is 10.5 Å². The molecule has 108 valence electrons. The maximum Gasteiger partial charge on any atom is 0.270 e. The monoisotopic (exact) mass is 305 g/mol. The van der Waals surface area contributed by atoms with Crippen molar-refractivity contribution < 1.29 is 14.5 Å². The lowest BCUT2D eigenvalue weighted by Crippen LogP contribution is -2.17. The molecule has 2 aromatic rings. The number of nitro benzene ring substituents is 1. The molecule has 1 heterocycles. The lowest BCUT2D eigenvalue weighted by molar-refractivity contribution is -0.384. The number of nitro groups is 1. The van der Waals surface area contributed by atoms with Crippen molar-refractivity contribution in [1.29, 1.82) is 0 Å². The maximum atomic E-state index is 11.8. The van der Waals surface area contributed by atoms with Crippen LogP contribution in [0.15, 0.2) is 18.2 Å². The summed E-state index contributed by atoms with van der Waals surface area (Å²) in [5.74, 6) is -0.864. The Morgan fingerprint density at radius 3 is 2.67 bits per heavy atom. The Morgan fingerprint density at radius 1 is 1.38 bits per heavy atom. The van der Waals surface area contributed by atoms with E-state index in [2.05, 4.69) is 5.32 Å². The SMILES string of the molecule is NC(=O)c1c(NC(=O)C2CC2)sc2ccc([N+](=O)[O-])cc12. The zero-order valence-corrected chi connectivity index (χ0v) is 11.6. The summed E-state index contributed by atoms with van der Waals surface area (Å²) in [4.78, 5) is 33.8. The summed E-state index contributed by atoms with van der Waals surface area (Å²) < 4.78 is 0.667. The molecule has 21 heavy (non-hydrogen) atoms. The van der Waals surface area contributed by atoms with Crippen LogP contribution in [0.25, 0.3) is 10.1 Å². The van der Waals surface area contributed by atoms with E-state index in [1.807, 2.05) is 0 Å².